The second-order valence-electron chi connectivity index (χ2n) is 5.15. The lowest BCUT2D eigenvalue weighted by Gasteiger charge is -2.16. The first-order valence-corrected chi connectivity index (χ1v) is 8.06. The number of hydrogen-bond donors (Lipinski definition) is 2. The molecule has 110 valence electrons. The van der Waals surface area contributed by atoms with Crippen molar-refractivity contribution in [3.8, 4) is 0 Å². The number of rotatable bonds is 5. The Morgan fingerprint density at radius 3 is 2.40 bits per heavy atom. The van der Waals surface area contributed by atoms with E-state index in [9.17, 15) is 13.2 Å². The summed E-state index contributed by atoms with van der Waals surface area (Å²) in [5.41, 5.74) is 1.76. The summed E-state index contributed by atoms with van der Waals surface area (Å²) in [5.74, 6) is -0.433. The molecule has 0 saturated carbocycles. The molecule has 7 heteroatoms. The van der Waals surface area contributed by atoms with Gasteiger partial charge >= 0.3 is 0 Å². The fourth-order valence-electron chi connectivity index (χ4n) is 2.42. The zero-order valence-corrected chi connectivity index (χ0v) is 11.8. The Morgan fingerprint density at radius 2 is 1.85 bits per heavy atom. The van der Waals surface area contributed by atoms with E-state index in [1.54, 1.807) is 17.0 Å². The lowest BCUT2D eigenvalue weighted by Crippen LogP contribution is -2.27. The van der Waals surface area contributed by atoms with Crippen LogP contribution in [0.3, 0.4) is 0 Å². The van der Waals surface area contributed by atoms with E-state index in [0.717, 1.165) is 11.1 Å². The molecule has 0 aliphatic carbocycles. The van der Waals surface area contributed by atoms with Gasteiger partial charge in [-0.15, -0.1) is 0 Å². The third kappa shape index (κ3) is 4.03. The molecule has 3 N–H and O–H groups in total. The van der Waals surface area contributed by atoms with Gasteiger partial charge in [0.05, 0.1) is 12.4 Å². The number of primary sulfonamides is 1. The van der Waals surface area contributed by atoms with Crippen LogP contribution in [0.25, 0.3) is 0 Å². The van der Waals surface area contributed by atoms with Gasteiger partial charge in [0.15, 0.2) is 0 Å². The van der Waals surface area contributed by atoms with Gasteiger partial charge < -0.3 is 10.0 Å². The van der Waals surface area contributed by atoms with E-state index in [0.29, 0.717) is 13.1 Å². The maximum absolute atomic E-state index is 11.8. The lowest BCUT2D eigenvalue weighted by atomic mass is 10.1. The van der Waals surface area contributed by atoms with E-state index in [-0.39, 0.29) is 30.6 Å². The van der Waals surface area contributed by atoms with Crippen molar-refractivity contribution < 1.29 is 18.3 Å². The monoisotopic (exact) mass is 298 g/mol. The third-order valence-corrected chi connectivity index (χ3v) is 4.28. The Bertz CT molecular complexity index is 583. The van der Waals surface area contributed by atoms with E-state index in [4.69, 9.17) is 10.2 Å². The van der Waals surface area contributed by atoms with E-state index >= 15 is 0 Å². The van der Waals surface area contributed by atoms with E-state index in [1.807, 2.05) is 12.1 Å². The molecule has 1 aromatic carbocycles. The molecule has 0 radical (unpaired) electrons. The van der Waals surface area contributed by atoms with Crippen LogP contribution in [0, 0.1) is 5.92 Å². The van der Waals surface area contributed by atoms with Crippen LogP contribution in [0.15, 0.2) is 24.3 Å². The Labute approximate surface area is 118 Å². The van der Waals surface area contributed by atoms with Gasteiger partial charge in [-0.05, 0) is 11.1 Å². The number of nitrogens with two attached hydrogens (primary N) is 1. The average Bonchev–Trinajstić information content (AvgIpc) is 2.68. The predicted octanol–water partition coefficient (Wildman–Crippen LogP) is -0.184. The fourth-order valence-corrected chi connectivity index (χ4v) is 3.30. The molecule has 0 bridgehead atoms. The lowest BCUT2D eigenvalue weighted by molar-refractivity contribution is -0.128. The summed E-state index contributed by atoms with van der Waals surface area (Å²) in [4.78, 5) is 13.5. The minimum atomic E-state index is -3.54. The summed E-state index contributed by atoms with van der Waals surface area (Å²) in [7, 11) is -3.54. The number of carbonyl (C=O) groups excluding carboxylic acids is 1. The molecule has 1 fully saturated rings. The highest BCUT2D eigenvalue weighted by Gasteiger charge is 2.31. The molecule has 1 aliphatic rings. The van der Waals surface area contributed by atoms with Gasteiger partial charge in [0.1, 0.15) is 0 Å². The van der Waals surface area contributed by atoms with Gasteiger partial charge in [-0.3, -0.25) is 4.79 Å². The molecule has 1 unspecified atom stereocenters. The maximum atomic E-state index is 11.8. The molecule has 0 spiro atoms. The molecule has 1 atom stereocenters. The first-order valence-electron chi connectivity index (χ1n) is 6.34. The van der Waals surface area contributed by atoms with Crippen molar-refractivity contribution in [2.75, 3.05) is 12.3 Å². The number of benzene rings is 1. The molecule has 2 rings (SSSR count). The largest absolute Gasteiger partial charge is 0.392 e. The van der Waals surface area contributed by atoms with Crippen molar-refractivity contribution in [2.45, 2.75) is 19.6 Å². The molecule has 1 heterocycles. The van der Waals surface area contributed by atoms with Crippen LogP contribution in [0.2, 0.25) is 0 Å². The standard InChI is InChI=1S/C13H18N2O4S/c14-20(18,19)9-12-5-13(17)15(7-12)6-10-1-3-11(8-16)4-2-10/h1-4,12,16H,5-9H2,(H2,14,18,19). The normalized spacial score (nSPS) is 19.6. The Balaban J connectivity index is 1.97. The topological polar surface area (TPSA) is 101 Å². The first-order chi connectivity index (χ1) is 9.37. The van der Waals surface area contributed by atoms with Crippen molar-refractivity contribution in [2.24, 2.45) is 11.1 Å². The molecule has 1 aliphatic heterocycles. The minimum absolute atomic E-state index is 0.0145. The van der Waals surface area contributed by atoms with Crippen molar-refractivity contribution in [1.29, 1.82) is 0 Å². The third-order valence-electron chi connectivity index (χ3n) is 3.34. The van der Waals surface area contributed by atoms with Crippen LogP contribution < -0.4 is 5.14 Å². The fraction of sp³-hybridized carbons (Fsp3) is 0.462. The maximum Gasteiger partial charge on any atom is 0.223 e. The van der Waals surface area contributed by atoms with Crippen molar-refractivity contribution >= 4 is 15.9 Å². The highest BCUT2D eigenvalue weighted by molar-refractivity contribution is 7.89. The minimum Gasteiger partial charge on any atom is -0.392 e. The highest BCUT2D eigenvalue weighted by atomic mass is 32.2. The molecular weight excluding hydrogens is 280 g/mol. The van der Waals surface area contributed by atoms with Crippen LogP contribution in [0.5, 0.6) is 0 Å². The number of aliphatic hydroxyl groups excluding tert-OH is 1. The van der Waals surface area contributed by atoms with E-state index in [1.165, 1.54) is 0 Å². The molecule has 1 amide bonds. The molecule has 1 aromatic rings. The van der Waals surface area contributed by atoms with E-state index in [2.05, 4.69) is 0 Å². The summed E-state index contributed by atoms with van der Waals surface area (Å²) in [6.45, 7) is 0.849. The van der Waals surface area contributed by atoms with Crippen LogP contribution in [0.4, 0.5) is 0 Å². The SMILES string of the molecule is NS(=O)(=O)CC1CC(=O)N(Cc2ccc(CO)cc2)C1. The van der Waals surface area contributed by atoms with Gasteiger partial charge in [-0.25, -0.2) is 13.6 Å². The summed E-state index contributed by atoms with van der Waals surface area (Å²) < 4.78 is 22.1. The molecule has 0 aromatic heterocycles. The van der Waals surface area contributed by atoms with Gasteiger partial charge in [-0.1, -0.05) is 24.3 Å². The highest BCUT2D eigenvalue weighted by Crippen LogP contribution is 2.21. The smallest absolute Gasteiger partial charge is 0.223 e. The zero-order chi connectivity index (χ0) is 14.8. The van der Waals surface area contributed by atoms with Crippen molar-refractivity contribution in [3.05, 3.63) is 35.4 Å². The van der Waals surface area contributed by atoms with Crippen LogP contribution in [-0.2, 0) is 28.0 Å². The number of aliphatic hydroxyl groups is 1. The van der Waals surface area contributed by atoms with Crippen molar-refractivity contribution in [1.82, 2.24) is 4.90 Å². The molecule has 1 saturated heterocycles. The number of nitrogens with zero attached hydrogens (tertiary/aromatic N) is 1. The number of amides is 1. The Hall–Kier alpha value is -1.44. The molecule has 20 heavy (non-hydrogen) atoms. The predicted molar refractivity (Wildman–Crippen MR) is 73.9 cm³/mol. The van der Waals surface area contributed by atoms with Crippen LogP contribution >= 0.6 is 0 Å². The summed E-state index contributed by atoms with van der Waals surface area (Å²) in [5, 5.41) is 14.0. The number of hydrogen-bond acceptors (Lipinski definition) is 4. The number of likely N-dealkylation sites (tertiary alicyclic amines) is 1. The second kappa shape index (κ2) is 5.90. The Morgan fingerprint density at radius 1 is 1.25 bits per heavy atom. The van der Waals surface area contributed by atoms with E-state index < -0.39 is 10.0 Å². The number of carbonyl (C=O) groups is 1. The second-order valence-corrected chi connectivity index (χ2v) is 6.81. The Kier molecular flexibility index (Phi) is 4.42. The number of sulfonamides is 1. The van der Waals surface area contributed by atoms with Crippen LogP contribution in [0.1, 0.15) is 17.5 Å². The van der Waals surface area contributed by atoms with Gasteiger partial charge in [-0.2, -0.15) is 0 Å². The summed E-state index contributed by atoms with van der Waals surface area (Å²) in [6.07, 6.45) is 0.227. The first kappa shape index (κ1) is 15.0. The van der Waals surface area contributed by atoms with Crippen LogP contribution in [-0.4, -0.2) is 36.6 Å². The molecular formula is C13H18N2O4S. The van der Waals surface area contributed by atoms with Gasteiger partial charge in [0.25, 0.3) is 0 Å². The quantitative estimate of drug-likeness (QED) is 0.787. The van der Waals surface area contributed by atoms with Gasteiger partial charge in [0.2, 0.25) is 15.9 Å². The zero-order valence-electron chi connectivity index (χ0n) is 11.0. The average molecular weight is 298 g/mol. The summed E-state index contributed by atoms with van der Waals surface area (Å²) >= 11 is 0. The van der Waals surface area contributed by atoms with Gasteiger partial charge in [0, 0.05) is 25.4 Å². The summed E-state index contributed by atoms with van der Waals surface area (Å²) in [6, 6.07) is 7.31. The van der Waals surface area contributed by atoms with Crippen molar-refractivity contribution in [3.63, 3.8) is 0 Å². The molecule has 6 nitrogen and oxygen atoms in total.